The summed E-state index contributed by atoms with van der Waals surface area (Å²) in [5, 5.41) is 21.3. The van der Waals surface area contributed by atoms with Crippen LogP contribution in [-0.2, 0) is 11.4 Å². The molecule has 1 N–H and O–H groups in total. The van der Waals surface area contributed by atoms with Gasteiger partial charge in [0.25, 0.3) is 16.8 Å². The number of thioether (sulfide) groups is 1. The maximum absolute atomic E-state index is 12.0. The van der Waals surface area contributed by atoms with E-state index in [0.717, 1.165) is 11.8 Å². The summed E-state index contributed by atoms with van der Waals surface area (Å²) in [5.41, 5.74) is -0.0374. The van der Waals surface area contributed by atoms with Gasteiger partial charge in [0, 0.05) is 6.07 Å². The summed E-state index contributed by atoms with van der Waals surface area (Å²) in [6, 6.07) is 15.1. The first-order chi connectivity index (χ1) is 13.1. The molecule has 2 aromatic carbocycles. The van der Waals surface area contributed by atoms with Crippen LogP contribution in [0.5, 0.6) is 5.75 Å². The van der Waals surface area contributed by atoms with E-state index in [0.29, 0.717) is 5.75 Å². The standard InChI is InChI=1S/C17H14N4O5S/c22-15(18-13-8-4-5-9-14(13)21(23)24)11-27-17-20-19-16(26-17)10-25-12-6-2-1-3-7-12/h1-9H,10-11H2,(H,18,22). The van der Waals surface area contributed by atoms with Crippen LogP contribution < -0.4 is 10.1 Å². The van der Waals surface area contributed by atoms with Crippen LogP contribution >= 0.6 is 11.8 Å². The zero-order valence-electron chi connectivity index (χ0n) is 13.9. The van der Waals surface area contributed by atoms with Crippen LogP contribution in [-0.4, -0.2) is 26.8 Å². The van der Waals surface area contributed by atoms with Crippen LogP contribution in [0.1, 0.15) is 5.89 Å². The van der Waals surface area contributed by atoms with Crippen molar-refractivity contribution >= 4 is 29.0 Å². The fraction of sp³-hybridized carbons (Fsp3) is 0.118. The SMILES string of the molecule is O=C(CSc1nnc(COc2ccccc2)o1)Nc1ccccc1[N+](=O)[O-]. The second-order valence-corrected chi connectivity index (χ2v) is 6.10. The number of aromatic nitrogens is 2. The van der Waals surface area contributed by atoms with Gasteiger partial charge < -0.3 is 14.5 Å². The smallest absolute Gasteiger partial charge is 0.292 e. The molecule has 1 heterocycles. The molecule has 0 aliphatic rings. The number of hydrogen-bond acceptors (Lipinski definition) is 8. The molecule has 10 heteroatoms. The van der Waals surface area contributed by atoms with Crippen molar-refractivity contribution in [2.24, 2.45) is 0 Å². The molecular formula is C17H14N4O5S. The summed E-state index contributed by atoms with van der Waals surface area (Å²) in [6.45, 7) is 0.111. The summed E-state index contributed by atoms with van der Waals surface area (Å²) in [5.74, 6) is 0.497. The Kier molecular flexibility index (Phi) is 6.00. The lowest BCUT2D eigenvalue weighted by atomic mass is 10.2. The number of hydrogen-bond donors (Lipinski definition) is 1. The maximum Gasteiger partial charge on any atom is 0.292 e. The molecule has 0 radical (unpaired) electrons. The fourth-order valence-corrected chi connectivity index (χ4v) is 2.65. The van der Waals surface area contributed by atoms with E-state index in [1.165, 1.54) is 18.2 Å². The summed E-state index contributed by atoms with van der Waals surface area (Å²) in [6.07, 6.45) is 0. The third-order valence-corrected chi connectivity index (χ3v) is 4.07. The number of para-hydroxylation sites is 3. The predicted octanol–water partition coefficient (Wildman–Crippen LogP) is 3.29. The normalized spacial score (nSPS) is 10.4. The topological polar surface area (TPSA) is 120 Å². The minimum absolute atomic E-state index is 0.0345. The molecule has 0 bridgehead atoms. The van der Waals surface area contributed by atoms with Gasteiger partial charge in [-0.3, -0.25) is 14.9 Å². The Balaban J connectivity index is 1.50. The number of nitrogens with one attached hydrogen (secondary N) is 1. The van der Waals surface area contributed by atoms with E-state index >= 15 is 0 Å². The Hall–Kier alpha value is -3.40. The van der Waals surface area contributed by atoms with Crippen molar-refractivity contribution < 1.29 is 18.9 Å². The Morgan fingerprint density at radius 1 is 1.15 bits per heavy atom. The van der Waals surface area contributed by atoms with Crippen LogP contribution in [0.15, 0.2) is 64.2 Å². The highest BCUT2D eigenvalue weighted by molar-refractivity contribution is 7.99. The monoisotopic (exact) mass is 386 g/mol. The van der Waals surface area contributed by atoms with E-state index in [1.807, 2.05) is 18.2 Å². The number of carbonyl (C=O) groups is 1. The Morgan fingerprint density at radius 2 is 1.89 bits per heavy atom. The summed E-state index contributed by atoms with van der Waals surface area (Å²) >= 11 is 1.03. The number of ether oxygens (including phenoxy) is 1. The number of amides is 1. The van der Waals surface area contributed by atoms with E-state index in [1.54, 1.807) is 18.2 Å². The molecule has 27 heavy (non-hydrogen) atoms. The quantitative estimate of drug-likeness (QED) is 0.356. The van der Waals surface area contributed by atoms with Gasteiger partial charge in [-0.2, -0.15) is 0 Å². The van der Waals surface area contributed by atoms with Gasteiger partial charge in [-0.25, -0.2) is 0 Å². The number of carbonyl (C=O) groups excluding carboxylic acids is 1. The fourth-order valence-electron chi connectivity index (χ4n) is 2.07. The highest BCUT2D eigenvalue weighted by Crippen LogP contribution is 2.24. The second-order valence-electron chi connectivity index (χ2n) is 5.17. The summed E-state index contributed by atoms with van der Waals surface area (Å²) in [4.78, 5) is 22.4. The van der Waals surface area contributed by atoms with E-state index in [9.17, 15) is 14.9 Å². The van der Waals surface area contributed by atoms with Gasteiger partial charge in [0.15, 0.2) is 6.61 Å². The van der Waals surface area contributed by atoms with Gasteiger partial charge in [0.2, 0.25) is 5.91 Å². The molecule has 3 rings (SSSR count). The molecular weight excluding hydrogens is 372 g/mol. The number of benzene rings is 2. The largest absolute Gasteiger partial charge is 0.484 e. The number of nitrogens with zero attached hydrogens (tertiary/aromatic N) is 3. The van der Waals surface area contributed by atoms with Crippen molar-refractivity contribution in [3.05, 3.63) is 70.6 Å². The maximum atomic E-state index is 12.0. The van der Waals surface area contributed by atoms with Gasteiger partial charge in [0.1, 0.15) is 11.4 Å². The molecule has 0 atom stereocenters. The number of nitro benzene ring substituents is 1. The molecule has 3 aromatic rings. The van der Waals surface area contributed by atoms with E-state index in [-0.39, 0.29) is 34.8 Å². The molecule has 0 aliphatic carbocycles. The summed E-state index contributed by atoms with van der Waals surface area (Å²) < 4.78 is 10.9. The van der Waals surface area contributed by atoms with Crippen LogP contribution in [0.2, 0.25) is 0 Å². The number of anilines is 1. The minimum Gasteiger partial charge on any atom is -0.484 e. The van der Waals surface area contributed by atoms with Crippen LogP contribution in [0.4, 0.5) is 11.4 Å². The van der Waals surface area contributed by atoms with Gasteiger partial charge in [-0.05, 0) is 18.2 Å². The first-order valence-corrected chi connectivity index (χ1v) is 8.76. The van der Waals surface area contributed by atoms with E-state index in [2.05, 4.69) is 15.5 Å². The van der Waals surface area contributed by atoms with Crippen molar-refractivity contribution in [1.82, 2.24) is 10.2 Å². The number of rotatable bonds is 8. The van der Waals surface area contributed by atoms with Gasteiger partial charge in [-0.1, -0.05) is 42.1 Å². The molecule has 9 nitrogen and oxygen atoms in total. The Morgan fingerprint density at radius 3 is 2.67 bits per heavy atom. The van der Waals surface area contributed by atoms with Gasteiger partial charge in [0.05, 0.1) is 10.7 Å². The summed E-state index contributed by atoms with van der Waals surface area (Å²) in [7, 11) is 0. The molecule has 138 valence electrons. The lowest BCUT2D eigenvalue weighted by molar-refractivity contribution is -0.383. The van der Waals surface area contributed by atoms with Crippen molar-refractivity contribution in [3.63, 3.8) is 0 Å². The lowest BCUT2D eigenvalue weighted by Gasteiger charge is -2.04. The molecule has 0 saturated heterocycles. The molecule has 0 saturated carbocycles. The highest BCUT2D eigenvalue weighted by Gasteiger charge is 2.16. The van der Waals surface area contributed by atoms with Crippen molar-refractivity contribution in [2.45, 2.75) is 11.8 Å². The molecule has 0 unspecified atom stereocenters. The zero-order valence-corrected chi connectivity index (χ0v) is 14.7. The third-order valence-electron chi connectivity index (χ3n) is 3.26. The average molecular weight is 386 g/mol. The number of nitro groups is 1. The van der Waals surface area contributed by atoms with E-state index < -0.39 is 10.8 Å². The Bertz CT molecular complexity index is 932. The molecule has 0 fully saturated rings. The van der Waals surface area contributed by atoms with Crippen molar-refractivity contribution in [3.8, 4) is 5.75 Å². The average Bonchev–Trinajstić information content (AvgIpc) is 3.14. The lowest BCUT2D eigenvalue weighted by Crippen LogP contribution is -2.15. The zero-order chi connectivity index (χ0) is 19.1. The van der Waals surface area contributed by atoms with Gasteiger partial charge in [-0.15, -0.1) is 10.2 Å². The first-order valence-electron chi connectivity index (χ1n) is 7.78. The van der Waals surface area contributed by atoms with E-state index in [4.69, 9.17) is 9.15 Å². The third kappa shape index (κ3) is 5.28. The first kappa shape index (κ1) is 18.4. The van der Waals surface area contributed by atoms with Gasteiger partial charge >= 0.3 is 0 Å². The van der Waals surface area contributed by atoms with Crippen LogP contribution in [0, 0.1) is 10.1 Å². The molecule has 1 aromatic heterocycles. The predicted molar refractivity (Wildman–Crippen MR) is 97.5 cm³/mol. The van der Waals surface area contributed by atoms with Crippen molar-refractivity contribution in [1.29, 1.82) is 0 Å². The Labute approximate surface area is 157 Å². The molecule has 0 spiro atoms. The highest BCUT2D eigenvalue weighted by atomic mass is 32.2. The van der Waals surface area contributed by atoms with Crippen LogP contribution in [0.25, 0.3) is 0 Å². The minimum atomic E-state index is -0.556. The molecule has 0 aliphatic heterocycles. The second kappa shape index (κ2) is 8.81. The van der Waals surface area contributed by atoms with Crippen LogP contribution in [0.3, 0.4) is 0 Å². The van der Waals surface area contributed by atoms with Crippen molar-refractivity contribution in [2.75, 3.05) is 11.1 Å². The molecule has 1 amide bonds.